The molecule has 0 fully saturated rings. The smallest absolute Gasteiger partial charge is 0.333 e. The lowest BCUT2D eigenvalue weighted by Gasteiger charge is -2.28. The molecule has 1 aromatic carbocycles. The summed E-state index contributed by atoms with van der Waals surface area (Å²) >= 11 is 1.17. The van der Waals surface area contributed by atoms with E-state index in [1.54, 1.807) is 33.8 Å². The summed E-state index contributed by atoms with van der Waals surface area (Å²) in [5.41, 5.74) is -0.788. The number of halogens is 1. The van der Waals surface area contributed by atoms with Crippen molar-refractivity contribution in [3.05, 3.63) is 73.9 Å². The number of hydrogen-bond acceptors (Lipinski definition) is 8. The molecule has 0 unspecified atom stereocenters. The number of hydrogen-bond donors (Lipinski definition) is 0. The van der Waals surface area contributed by atoms with Crippen LogP contribution < -0.4 is 11.2 Å². The molecular weight excluding hydrogens is 571 g/mol. The van der Waals surface area contributed by atoms with Crippen molar-refractivity contribution in [1.29, 1.82) is 5.26 Å². The van der Waals surface area contributed by atoms with Gasteiger partial charge in [-0.1, -0.05) is 38.2 Å². The number of carbonyl (C=O) groups is 1. The van der Waals surface area contributed by atoms with Gasteiger partial charge in [0, 0.05) is 12.0 Å². The zero-order chi connectivity index (χ0) is 31.6. The van der Waals surface area contributed by atoms with Gasteiger partial charge in [-0.25, -0.2) is 13.8 Å². The van der Waals surface area contributed by atoms with E-state index < -0.39 is 34.6 Å². The molecule has 228 valence electrons. The van der Waals surface area contributed by atoms with Crippen LogP contribution in [-0.4, -0.2) is 36.5 Å². The van der Waals surface area contributed by atoms with Crippen molar-refractivity contribution in [2.24, 2.45) is 11.8 Å². The molecule has 4 rings (SSSR count). The quantitative estimate of drug-likeness (QED) is 0.220. The van der Waals surface area contributed by atoms with Gasteiger partial charge in [0.2, 0.25) is 0 Å². The van der Waals surface area contributed by atoms with Crippen LogP contribution >= 0.6 is 11.3 Å². The third kappa shape index (κ3) is 6.24. The Labute approximate surface area is 253 Å². The van der Waals surface area contributed by atoms with Crippen LogP contribution in [0.25, 0.3) is 15.2 Å². The number of aryl methyl sites for hydroxylation is 2. The Hall–Kier alpha value is -3.95. The molecule has 12 heteroatoms. The Morgan fingerprint density at radius 2 is 1.86 bits per heavy atom. The largest absolute Gasteiger partial charge is 0.370 e. The molecule has 0 amide bonds. The minimum atomic E-state index is -1.45. The zero-order valence-electron chi connectivity index (χ0n) is 25.5. The number of nitriles is 1. The summed E-state index contributed by atoms with van der Waals surface area (Å²) in [7, 11) is 0. The number of Topliss-reactive ketones (excluding diaryl/α,β-unsaturated/α-hetero) is 1. The van der Waals surface area contributed by atoms with E-state index in [-0.39, 0.29) is 36.7 Å². The van der Waals surface area contributed by atoms with E-state index in [9.17, 15) is 24.0 Å². The van der Waals surface area contributed by atoms with Crippen LogP contribution in [0.3, 0.4) is 0 Å². The first-order valence-electron chi connectivity index (χ1n) is 14.3. The van der Waals surface area contributed by atoms with Crippen LogP contribution in [0.5, 0.6) is 0 Å². The maximum absolute atomic E-state index is 14.6. The van der Waals surface area contributed by atoms with Crippen molar-refractivity contribution >= 4 is 27.3 Å². The summed E-state index contributed by atoms with van der Waals surface area (Å²) in [4.78, 5) is 43.7. The van der Waals surface area contributed by atoms with Gasteiger partial charge in [-0.2, -0.15) is 15.5 Å². The number of ketones is 1. The lowest BCUT2D eigenvalue weighted by Crippen LogP contribution is -2.53. The van der Waals surface area contributed by atoms with E-state index in [4.69, 9.17) is 4.74 Å². The fourth-order valence-corrected chi connectivity index (χ4v) is 6.36. The molecule has 0 saturated carbocycles. The van der Waals surface area contributed by atoms with Crippen molar-refractivity contribution in [3.8, 4) is 11.1 Å². The number of benzene rings is 1. The Balaban J connectivity index is 2.03. The lowest BCUT2D eigenvalue weighted by molar-refractivity contribution is -0.127. The number of nitrogens with zero attached hydrogens (tertiary/aromatic N) is 6. The highest BCUT2D eigenvalue weighted by atomic mass is 32.1. The van der Waals surface area contributed by atoms with Gasteiger partial charge in [-0.05, 0) is 63.3 Å². The fraction of sp³-hybridized carbons (Fsp3) is 0.484. The Morgan fingerprint density at radius 3 is 2.47 bits per heavy atom. The Kier molecular flexibility index (Phi) is 9.47. The predicted molar refractivity (Wildman–Crippen MR) is 163 cm³/mol. The van der Waals surface area contributed by atoms with Crippen molar-refractivity contribution < 1.29 is 13.9 Å². The van der Waals surface area contributed by atoms with Crippen molar-refractivity contribution in [1.82, 2.24) is 24.1 Å². The highest BCUT2D eigenvalue weighted by Gasteiger charge is 2.36. The van der Waals surface area contributed by atoms with Crippen LogP contribution in [0.4, 0.5) is 4.39 Å². The monoisotopic (exact) mass is 608 g/mol. The topological polar surface area (TPSA) is 125 Å². The molecule has 3 aromatic heterocycles. The average molecular weight is 609 g/mol. The van der Waals surface area contributed by atoms with Gasteiger partial charge in [0.1, 0.15) is 27.3 Å². The average Bonchev–Trinajstić information content (AvgIpc) is 3.60. The molecule has 0 N–H and O–H groups in total. The van der Waals surface area contributed by atoms with Crippen molar-refractivity contribution in [2.75, 3.05) is 6.61 Å². The molecule has 0 aliphatic rings. The van der Waals surface area contributed by atoms with Gasteiger partial charge in [0.05, 0.1) is 42.9 Å². The number of thiophene rings is 1. The summed E-state index contributed by atoms with van der Waals surface area (Å²) in [6.07, 6.45) is 2.95. The van der Waals surface area contributed by atoms with E-state index in [2.05, 4.69) is 16.3 Å². The summed E-state index contributed by atoms with van der Waals surface area (Å²) in [6.45, 7) is 12.3. The fourth-order valence-electron chi connectivity index (χ4n) is 5.14. The van der Waals surface area contributed by atoms with Crippen LogP contribution in [0.15, 0.2) is 40.2 Å². The van der Waals surface area contributed by atoms with E-state index >= 15 is 0 Å². The molecule has 4 aromatic rings. The molecule has 0 bridgehead atoms. The molecule has 0 spiro atoms. The highest BCUT2D eigenvalue weighted by Crippen LogP contribution is 2.33. The normalized spacial score (nSPS) is 13.4. The van der Waals surface area contributed by atoms with E-state index in [1.165, 1.54) is 45.2 Å². The van der Waals surface area contributed by atoms with Crippen LogP contribution in [0, 0.1) is 35.9 Å². The lowest BCUT2D eigenvalue weighted by atomic mass is 9.91. The molecule has 3 heterocycles. The molecule has 10 nitrogen and oxygen atoms in total. The highest BCUT2D eigenvalue weighted by molar-refractivity contribution is 7.21. The van der Waals surface area contributed by atoms with E-state index in [0.717, 1.165) is 10.1 Å². The first-order chi connectivity index (χ1) is 20.3. The van der Waals surface area contributed by atoms with Gasteiger partial charge < -0.3 is 4.74 Å². The first kappa shape index (κ1) is 32.0. The van der Waals surface area contributed by atoms with E-state index in [1.807, 2.05) is 20.8 Å². The molecular formula is C31H37FN6O4S. The third-order valence-corrected chi connectivity index (χ3v) is 8.86. The van der Waals surface area contributed by atoms with Crippen LogP contribution in [-0.2, 0) is 28.0 Å². The molecule has 0 saturated heterocycles. The molecule has 0 aliphatic carbocycles. The standard InChI is InChI=1S/C31H37FN6O4S/c1-8-21-9-10-22(32)14-23(21)24(42-17-19(4)15-33)16-36-29-26(20(5)28(43-29)38-34-11-12-35-38)27(40)37(30(36)41)31(6,7)25(39)13-18(2)3/h9-12,14,18-19,24H,8,13,16-17H2,1-7H3/t19-,24-/m0/s1. The maximum atomic E-state index is 14.6. The zero-order valence-corrected chi connectivity index (χ0v) is 26.4. The Bertz CT molecular complexity index is 1800. The summed E-state index contributed by atoms with van der Waals surface area (Å²) in [5.74, 6) is -1.14. The van der Waals surface area contributed by atoms with E-state index in [0.29, 0.717) is 27.4 Å². The molecule has 0 aliphatic heterocycles. The van der Waals surface area contributed by atoms with Crippen molar-refractivity contribution in [2.45, 2.75) is 79.5 Å². The van der Waals surface area contributed by atoms with Gasteiger partial charge >= 0.3 is 5.69 Å². The third-order valence-electron chi connectivity index (χ3n) is 7.57. The minimum Gasteiger partial charge on any atom is -0.370 e. The van der Waals surface area contributed by atoms with Gasteiger partial charge in [-0.15, -0.1) is 4.80 Å². The summed E-state index contributed by atoms with van der Waals surface area (Å²) < 4.78 is 23.3. The van der Waals surface area contributed by atoms with Gasteiger partial charge in [-0.3, -0.25) is 14.2 Å². The summed E-state index contributed by atoms with van der Waals surface area (Å²) in [6, 6.07) is 6.58. The maximum Gasteiger partial charge on any atom is 0.333 e. The van der Waals surface area contributed by atoms with Crippen LogP contribution in [0.1, 0.15) is 70.8 Å². The molecule has 43 heavy (non-hydrogen) atoms. The number of fused-ring (bicyclic) bond motifs is 1. The Morgan fingerprint density at radius 1 is 1.19 bits per heavy atom. The second kappa shape index (κ2) is 12.7. The van der Waals surface area contributed by atoms with Crippen molar-refractivity contribution in [3.63, 3.8) is 0 Å². The minimum absolute atomic E-state index is 0.0224. The number of ether oxygens (including phenoxy) is 1. The number of carbonyl (C=O) groups excluding carboxylic acids is 1. The van der Waals surface area contributed by atoms with Gasteiger partial charge in [0.25, 0.3) is 5.56 Å². The SMILES string of the molecule is CCc1ccc(F)cc1[C@H](Cn1c(=O)n(C(C)(C)C(=O)CC(C)C)c(=O)c2c(C)c(-n3nccn3)sc21)OC[C@@H](C)C#N. The molecule has 2 atom stereocenters. The first-order valence-corrected chi connectivity index (χ1v) is 15.1. The number of rotatable bonds is 12. The second-order valence-corrected chi connectivity index (χ2v) is 12.7. The number of aromatic nitrogens is 5. The van der Waals surface area contributed by atoms with Crippen LogP contribution in [0.2, 0.25) is 0 Å². The van der Waals surface area contributed by atoms with Gasteiger partial charge in [0.15, 0.2) is 5.78 Å². The summed E-state index contributed by atoms with van der Waals surface area (Å²) in [5, 5.41) is 18.7. The molecule has 0 radical (unpaired) electrons. The predicted octanol–water partition coefficient (Wildman–Crippen LogP) is 5.08. The second-order valence-electron chi connectivity index (χ2n) is 11.7.